The number of nitrogen functional groups attached to an aromatic ring is 1. The third-order valence-corrected chi connectivity index (χ3v) is 4.83. The molecule has 3 aromatic rings. The van der Waals surface area contributed by atoms with Crippen LogP contribution in [0, 0.1) is 11.7 Å². The second-order valence-electron chi connectivity index (χ2n) is 7.19. The zero-order chi connectivity index (χ0) is 19.8. The predicted octanol–water partition coefficient (Wildman–Crippen LogP) is 2.37. The summed E-state index contributed by atoms with van der Waals surface area (Å²) in [4.78, 5) is 23.1. The number of fused-ring (bicyclic) bond motifs is 1. The van der Waals surface area contributed by atoms with E-state index in [2.05, 4.69) is 27.1 Å². The van der Waals surface area contributed by atoms with E-state index in [1.165, 1.54) is 0 Å². The van der Waals surface area contributed by atoms with E-state index in [0.29, 0.717) is 18.2 Å². The molecule has 4 rings (SSSR count). The van der Waals surface area contributed by atoms with Crippen LogP contribution < -0.4 is 21.7 Å². The SMILES string of the molecule is CC1CC(N)CN(c2ccncc2NC(=O)c2c(N)oc3cc(F)cnc23)C1. The van der Waals surface area contributed by atoms with Gasteiger partial charge in [0.05, 0.1) is 23.8 Å². The fraction of sp³-hybridized carbons (Fsp3) is 0.316. The highest BCUT2D eigenvalue weighted by Crippen LogP contribution is 2.31. The molecule has 0 aromatic carbocycles. The molecule has 1 saturated heterocycles. The van der Waals surface area contributed by atoms with Gasteiger partial charge in [0.15, 0.2) is 5.58 Å². The van der Waals surface area contributed by atoms with Crippen LogP contribution in [0.3, 0.4) is 0 Å². The maximum atomic E-state index is 13.4. The van der Waals surface area contributed by atoms with Gasteiger partial charge in [-0.2, -0.15) is 0 Å². The van der Waals surface area contributed by atoms with Crippen LogP contribution in [-0.4, -0.2) is 35.0 Å². The van der Waals surface area contributed by atoms with Crippen molar-refractivity contribution in [2.75, 3.05) is 29.0 Å². The molecule has 5 N–H and O–H groups in total. The van der Waals surface area contributed by atoms with Crippen LogP contribution in [-0.2, 0) is 0 Å². The highest BCUT2D eigenvalue weighted by atomic mass is 19.1. The van der Waals surface area contributed by atoms with Crippen LogP contribution in [0.2, 0.25) is 0 Å². The Kier molecular flexibility index (Phi) is 4.60. The number of hydrogen-bond acceptors (Lipinski definition) is 7. The lowest BCUT2D eigenvalue weighted by Gasteiger charge is -2.37. The fourth-order valence-corrected chi connectivity index (χ4v) is 3.73. The summed E-state index contributed by atoms with van der Waals surface area (Å²) in [5.41, 5.74) is 13.8. The number of anilines is 3. The van der Waals surface area contributed by atoms with Gasteiger partial charge in [0.2, 0.25) is 5.88 Å². The van der Waals surface area contributed by atoms with Crippen molar-refractivity contribution in [1.82, 2.24) is 9.97 Å². The molecular weight excluding hydrogens is 363 g/mol. The first-order valence-corrected chi connectivity index (χ1v) is 9.01. The summed E-state index contributed by atoms with van der Waals surface area (Å²) in [7, 11) is 0. The third kappa shape index (κ3) is 3.36. The predicted molar refractivity (Wildman–Crippen MR) is 105 cm³/mol. The van der Waals surface area contributed by atoms with Crippen molar-refractivity contribution in [1.29, 1.82) is 0 Å². The molecule has 4 heterocycles. The number of aromatic nitrogens is 2. The van der Waals surface area contributed by atoms with E-state index in [4.69, 9.17) is 15.9 Å². The molecule has 3 aromatic heterocycles. The van der Waals surface area contributed by atoms with Crippen molar-refractivity contribution in [3.63, 3.8) is 0 Å². The van der Waals surface area contributed by atoms with Crippen molar-refractivity contribution in [3.8, 4) is 0 Å². The number of nitrogens with two attached hydrogens (primary N) is 2. The highest BCUT2D eigenvalue weighted by Gasteiger charge is 2.26. The molecule has 0 saturated carbocycles. The molecule has 1 amide bonds. The van der Waals surface area contributed by atoms with Crippen molar-refractivity contribution in [3.05, 3.63) is 42.1 Å². The summed E-state index contributed by atoms with van der Waals surface area (Å²) in [6.07, 6.45) is 5.22. The van der Waals surface area contributed by atoms with E-state index in [0.717, 1.165) is 30.9 Å². The second kappa shape index (κ2) is 7.08. The second-order valence-corrected chi connectivity index (χ2v) is 7.19. The first-order chi connectivity index (χ1) is 13.4. The molecule has 0 aliphatic carbocycles. The Morgan fingerprint density at radius 3 is 3.00 bits per heavy atom. The van der Waals surface area contributed by atoms with Gasteiger partial charge in [-0.25, -0.2) is 9.37 Å². The summed E-state index contributed by atoms with van der Waals surface area (Å²) in [5.74, 6) is -0.755. The standard InChI is InChI=1S/C19H21FN6O2/c1-10-4-12(21)9-26(8-10)14-2-3-23-7-13(14)25-19(27)16-17-15(28-18(16)22)5-11(20)6-24-17/h2-3,5-7,10,12H,4,8-9,21-22H2,1H3,(H,25,27). The van der Waals surface area contributed by atoms with Crippen LogP contribution in [0.5, 0.6) is 0 Å². The minimum absolute atomic E-state index is 0.0630. The molecule has 2 atom stereocenters. The average molecular weight is 384 g/mol. The maximum absolute atomic E-state index is 13.4. The van der Waals surface area contributed by atoms with E-state index in [-0.39, 0.29) is 28.6 Å². The van der Waals surface area contributed by atoms with Crippen molar-refractivity contribution >= 4 is 34.3 Å². The summed E-state index contributed by atoms with van der Waals surface area (Å²) < 4.78 is 18.6. The molecule has 0 radical (unpaired) electrons. The number of amides is 1. The van der Waals surface area contributed by atoms with E-state index in [9.17, 15) is 9.18 Å². The van der Waals surface area contributed by atoms with Gasteiger partial charge in [0.25, 0.3) is 5.91 Å². The summed E-state index contributed by atoms with van der Waals surface area (Å²) >= 11 is 0. The van der Waals surface area contributed by atoms with Crippen LogP contribution >= 0.6 is 0 Å². The van der Waals surface area contributed by atoms with Crippen molar-refractivity contribution in [2.45, 2.75) is 19.4 Å². The van der Waals surface area contributed by atoms with Crippen molar-refractivity contribution in [2.24, 2.45) is 11.7 Å². The summed E-state index contributed by atoms with van der Waals surface area (Å²) in [6, 6.07) is 3.04. The van der Waals surface area contributed by atoms with Gasteiger partial charge in [-0.05, 0) is 18.4 Å². The average Bonchev–Trinajstić information content (AvgIpc) is 2.96. The smallest absolute Gasteiger partial charge is 0.263 e. The van der Waals surface area contributed by atoms with Gasteiger partial charge in [0, 0.05) is 31.4 Å². The lowest BCUT2D eigenvalue weighted by molar-refractivity contribution is 0.102. The molecule has 28 heavy (non-hydrogen) atoms. The number of furan rings is 1. The largest absolute Gasteiger partial charge is 0.438 e. The molecule has 0 bridgehead atoms. The number of nitrogens with zero attached hydrogens (tertiary/aromatic N) is 3. The molecule has 9 heteroatoms. The fourth-order valence-electron chi connectivity index (χ4n) is 3.73. The van der Waals surface area contributed by atoms with Crippen LogP contribution in [0.25, 0.3) is 11.1 Å². The van der Waals surface area contributed by atoms with Gasteiger partial charge in [-0.1, -0.05) is 6.92 Å². The lowest BCUT2D eigenvalue weighted by Crippen LogP contribution is -2.46. The molecule has 2 unspecified atom stereocenters. The Morgan fingerprint density at radius 2 is 2.21 bits per heavy atom. The van der Waals surface area contributed by atoms with Crippen molar-refractivity contribution < 1.29 is 13.6 Å². The molecule has 1 aliphatic rings. The van der Waals surface area contributed by atoms with E-state index in [1.54, 1.807) is 12.4 Å². The number of pyridine rings is 2. The van der Waals surface area contributed by atoms with Gasteiger partial charge < -0.3 is 26.1 Å². The minimum atomic E-state index is -0.571. The van der Waals surface area contributed by atoms with Crippen LogP contribution in [0.4, 0.5) is 21.6 Å². The van der Waals surface area contributed by atoms with Gasteiger partial charge in [-0.3, -0.25) is 9.78 Å². The van der Waals surface area contributed by atoms with Gasteiger partial charge in [0.1, 0.15) is 16.9 Å². The Hall–Kier alpha value is -3.20. The molecular formula is C19H21FN6O2. The van der Waals surface area contributed by atoms with E-state index >= 15 is 0 Å². The first-order valence-electron chi connectivity index (χ1n) is 9.01. The minimum Gasteiger partial charge on any atom is -0.438 e. The number of halogens is 1. The Bertz CT molecular complexity index is 1030. The molecule has 0 spiro atoms. The normalized spacial score (nSPS) is 19.8. The Labute approximate surface area is 160 Å². The number of nitrogens with one attached hydrogen (secondary N) is 1. The highest BCUT2D eigenvalue weighted by molar-refractivity contribution is 6.15. The summed E-state index contributed by atoms with van der Waals surface area (Å²) in [5, 5.41) is 2.83. The monoisotopic (exact) mass is 384 g/mol. The van der Waals surface area contributed by atoms with Crippen LogP contribution in [0.1, 0.15) is 23.7 Å². The Balaban J connectivity index is 1.65. The zero-order valence-corrected chi connectivity index (χ0v) is 15.4. The third-order valence-electron chi connectivity index (χ3n) is 4.83. The molecule has 1 aliphatic heterocycles. The quantitative estimate of drug-likeness (QED) is 0.633. The number of carbonyl (C=O) groups excluding carboxylic acids is 1. The molecule has 1 fully saturated rings. The number of piperidine rings is 1. The first kappa shape index (κ1) is 18.2. The van der Waals surface area contributed by atoms with Gasteiger partial charge in [-0.15, -0.1) is 0 Å². The number of rotatable bonds is 3. The van der Waals surface area contributed by atoms with E-state index < -0.39 is 11.7 Å². The summed E-state index contributed by atoms with van der Waals surface area (Å²) in [6.45, 7) is 3.67. The van der Waals surface area contributed by atoms with E-state index in [1.807, 2.05) is 6.07 Å². The Morgan fingerprint density at radius 1 is 1.39 bits per heavy atom. The van der Waals surface area contributed by atoms with Crippen LogP contribution in [0.15, 0.2) is 35.1 Å². The van der Waals surface area contributed by atoms with Gasteiger partial charge >= 0.3 is 0 Å². The number of carbonyl (C=O) groups is 1. The molecule has 146 valence electrons. The topological polar surface area (TPSA) is 123 Å². The number of hydrogen-bond donors (Lipinski definition) is 3. The lowest BCUT2D eigenvalue weighted by atomic mass is 9.96. The zero-order valence-electron chi connectivity index (χ0n) is 15.4. The molecule has 8 nitrogen and oxygen atoms in total. The maximum Gasteiger partial charge on any atom is 0.263 e.